The standard InChI is InChI=1S/C20H24N2O3/c1-4-19(23)21-13-20(24)22-14(2)15-9-11-16(12-10-15)17-7-5-6-8-18(17)25-3/h5-12,14H,4,13H2,1-3H3,(H,21,23)(H,22,24)/t14-/m1/s1. The van der Waals surface area contributed by atoms with Crippen LogP contribution in [0.3, 0.4) is 0 Å². The van der Waals surface area contributed by atoms with Crippen LogP contribution in [0.25, 0.3) is 11.1 Å². The van der Waals surface area contributed by atoms with Crippen LogP contribution in [0.15, 0.2) is 48.5 Å². The van der Waals surface area contributed by atoms with Gasteiger partial charge in [0, 0.05) is 12.0 Å². The molecule has 1 atom stereocenters. The highest BCUT2D eigenvalue weighted by atomic mass is 16.5. The van der Waals surface area contributed by atoms with Gasteiger partial charge in [0.1, 0.15) is 5.75 Å². The van der Waals surface area contributed by atoms with Gasteiger partial charge < -0.3 is 15.4 Å². The Kier molecular flexibility index (Phi) is 6.57. The zero-order chi connectivity index (χ0) is 18.2. The predicted octanol–water partition coefficient (Wildman–Crippen LogP) is 3.07. The number of carbonyl (C=O) groups is 2. The summed E-state index contributed by atoms with van der Waals surface area (Å²) in [4.78, 5) is 23.1. The van der Waals surface area contributed by atoms with Gasteiger partial charge in [0.2, 0.25) is 11.8 Å². The largest absolute Gasteiger partial charge is 0.496 e. The van der Waals surface area contributed by atoms with Crippen molar-refractivity contribution >= 4 is 11.8 Å². The molecule has 132 valence electrons. The molecule has 2 rings (SSSR count). The average Bonchev–Trinajstić information content (AvgIpc) is 2.66. The summed E-state index contributed by atoms with van der Waals surface area (Å²) < 4.78 is 5.39. The van der Waals surface area contributed by atoms with Crippen LogP contribution in [0.1, 0.15) is 31.9 Å². The highest BCUT2D eigenvalue weighted by Gasteiger charge is 2.11. The number of hydrogen-bond acceptors (Lipinski definition) is 3. The van der Waals surface area contributed by atoms with Gasteiger partial charge >= 0.3 is 0 Å². The third-order valence-corrected chi connectivity index (χ3v) is 3.97. The van der Waals surface area contributed by atoms with Crippen molar-refractivity contribution in [2.75, 3.05) is 13.7 Å². The lowest BCUT2D eigenvalue weighted by Gasteiger charge is -2.15. The number of rotatable bonds is 7. The highest BCUT2D eigenvalue weighted by Crippen LogP contribution is 2.30. The molecule has 0 unspecified atom stereocenters. The second kappa shape index (κ2) is 8.87. The molecular formula is C20H24N2O3. The molecule has 2 amide bonds. The van der Waals surface area contributed by atoms with E-state index in [1.165, 1.54) is 0 Å². The summed E-state index contributed by atoms with van der Waals surface area (Å²) in [6.07, 6.45) is 0.368. The summed E-state index contributed by atoms with van der Waals surface area (Å²) in [5, 5.41) is 5.45. The molecule has 0 spiro atoms. The van der Waals surface area contributed by atoms with E-state index < -0.39 is 0 Å². The van der Waals surface area contributed by atoms with Gasteiger partial charge in [0.25, 0.3) is 0 Å². The van der Waals surface area contributed by atoms with Crippen molar-refractivity contribution in [3.63, 3.8) is 0 Å². The number of hydrogen-bond donors (Lipinski definition) is 2. The SMILES string of the molecule is CCC(=O)NCC(=O)N[C@H](C)c1ccc(-c2ccccc2OC)cc1. The smallest absolute Gasteiger partial charge is 0.239 e. The van der Waals surface area contributed by atoms with Crippen LogP contribution < -0.4 is 15.4 Å². The molecule has 5 heteroatoms. The Morgan fingerprint density at radius 2 is 1.72 bits per heavy atom. The first-order valence-corrected chi connectivity index (χ1v) is 8.34. The van der Waals surface area contributed by atoms with E-state index in [0.29, 0.717) is 6.42 Å². The van der Waals surface area contributed by atoms with E-state index in [0.717, 1.165) is 22.4 Å². The molecule has 2 aromatic carbocycles. The second-order valence-electron chi connectivity index (χ2n) is 5.74. The Labute approximate surface area is 148 Å². The van der Waals surface area contributed by atoms with Gasteiger partial charge in [-0.25, -0.2) is 0 Å². The maximum atomic E-state index is 11.9. The molecule has 0 aromatic heterocycles. The number of carbonyl (C=O) groups excluding carboxylic acids is 2. The first-order chi connectivity index (χ1) is 12.0. The lowest BCUT2D eigenvalue weighted by molar-refractivity contribution is -0.126. The summed E-state index contributed by atoms with van der Waals surface area (Å²) in [7, 11) is 1.65. The Morgan fingerprint density at radius 1 is 1.04 bits per heavy atom. The number of nitrogens with one attached hydrogen (secondary N) is 2. The van der Waals surface area contributed by atoms with Crippen LogP contribution in [-0.4, -0.2) is 25.5 Å². The fourth-order valence-corrected chi connectivity index (χ4v) is 2.51. The monoisotopic (exact) mass is 340 g/mol. The zero-order valence-corrected chi connectivity index (χ0v) is 14.8. The van der Waals surface area contributed by atoms with E-state index in [1.54, 1.807) is 14.0 Å². The van der Waals surface area contributed by atoms with Crippen molar-refractivity contribution in [3.05, 3.63) is 54.1 Å². The average molecular weight is 340 g/mol. The summed E-state index contributed by atoms with van der Waals surface area (Å²) in [6, 6.07) is 15.7. The molecule has 0 aliphatic carbocycles. The first kappa shape index (κ1) is 18.5. The lowest BCUT2D eigenvalue weighted by Crippen LogP contribution is -2.37. The maximum Gasteiger partial charge on any atom is 0.239 e. The van der Waals surface area contributed by atoms with Gasteiger partial charge in [0.05, 0.1) is 19.7 Å². The van der Waals surface area contributed by atoms with Crippen LogP contribution in [0.4, 0.5) is 0 Å². The molecule has 5 nitrogen and oxygen atoms in total. The molecule has 0 saturated heterocycles. The molecule has 0 fully saturated rings. The number of amides is 2. The van der Waals surface area contributed by atoms with E-state index in [9.17, 15) is 9.59 Å². The Bertz CT molecular complexity index is 726. The topological polar surface area (TPSA) is 67.4 Å². The summed E-state index contributed by atoms with van der Waals surface area (Å²) in [6.45, 7) is 3.66. The van der Waals surface area contributed by atoms with Gasteiger partial charge in [-0.05, 0) is 24.1 Å². The zero-order valence-electron chi connectivity index (χ0n) is 14.8. The summed E-state index contributed by atoms with van der Waals surface area (Å²) in [5.74, 6) is 0.482. The van der Waals surface area contributed by atoms with Crippen molar-refractivity contribution in [1.29, 1.82) is 0 Å². The Morgan fingerprint density at radius 3 is 2.36 bits per heavy atom. The third kappa shape index (κ3) is 5.08. The van der Waals surface area contributed by atoms with E-state index in [1.807, 2.05) is 55.5 Å². The summed E-state index contributed by atoms with van der Waals surface area (Å²) in [5.41, 5.74) is 3.07. The minimum atomic E-state index is -0.205. The molecule has 2 N–H and O–H groups in total. The molecule has 0 saturated carbocycles. The first-order valence-electron chi connectivity index (χ1n) is 8.34. The molecule has 0 radical (unpaired) electrons. The number of benzene rings is 2. The van der Waals surface area contributed by atoms with Gasteiger partial charge in [-0.15, -0.1) is 0 Å². The molecular weight excluding hydrogens is 316 g/mol. The van der Waals surface area contributed by atoms with Crippen LogP contribution in [0, 0.1) is 0 Å². The van der Waals surface area contributed by atoms with Gasteiger partial charge in [0.15, 0.2) is 0 Å². The second-order valence-corrected chi connectivity index (χ2v) is 5.74. The molecule has 0 aliphatic heterocycles. The van der Waals surface area contributed by atoms with Crippen molar-refractivity contribution in [1.82, 2.24) is 10.6 Å². The minimum Gasteiger partial charge on any atom is -0.496 e. The molecule has 25 heavy (non-hydrogen) atoms. The number of methoxy groups -OCH3 is 1. The molecule has 0 heterocycles. The summed E-state index contributed by atoms with van der Waals surface area (Å²) >= 11 is 0. The van der Waals surface area contributed by atoms with Gasteiger partial charge in [-0.2, -0.15) is 0 Å². The fraction of sp³-hybridized carbons (Fsp3) is 0.300. The normalized spacial score (nSPS) is 11.5. The predicted molar refractivity (Wildman–Crippen MR) is 98.3 cm³/mol. The molecule has 0 aliphatic rings. The Hall–Kier alpha value is -2.82. The maximum absolute atomic E-state index is 11.9. The highest BCUT2D eigenvalue weighted by molar-refractivity contribution is 5.84. The molecule has 0 bridgehead atoms. The fourth-order valence-electron chi connectivity index (χ4n) is 2.51. The van der Waals surface area contributed by atoms with Gasteiger partial charge in [-0.3, -0.25) is 9.59 Å². The van der Waals surface area contributed by atoms with Crippen LogP contribution in [0.2, 0.25) is 0 Å². The van der Waals surface area contributed by atoms with E-state index in [-0.39, 0.29) is 24.4 Å². The van der Waals surface area contributed by atoms with Gasteiger partial charge in [-0.1, -0.05) is 49.4 Å². The van der Waals surface area contributed by atoms with Crippen molar-refractivity contribution in [2.24, 2.45) is 0 Å². The lowest BCUT2D eigenvalue weighted by atomic mass is 10.0. The van der Waals surface area contributed by atoms with E-state index in [4.69, 9.17) is 4.74 Å². The van der Waals surface area contributed by atoms with Crippen LogP contribution in [0.5, 0.6) is 5.75 Å². The minimum absolute atomic E-state index is 0.00366. The van der Waals surface area contributed by atoms with Crippen molar-refractivity contribution in [3.8, 4) is 16.9 Å². The van der Waals surface area contributed by atoms with Crippen molar-refractivity contribution < 1.29 is 14.3 Å². The molecule has 2 aromatic rings. The number of ether oxygens (including phenoxy) is 1. The van der Waals surface area contributed by atoms with E-state index in [2.05, 4.69) is 10.6 Å². The van der Waals surface area contributed by atoms with Crippen LogP contribution in [-0.2, 0) is 9.59 Å². The quantitative estimate of drug-likeness (QED) is 0.814. The van der Waals surface area contributed by atoms with E-state index >= 15 is 0 Å². The Balaban J connectivity index is 2.01. The van der Waals surface area contributed by atoms with Crippen LogP contribution >= 0.6 is 0 Å². The number of para-hydroxylation sites is 1. The van der Waals surface area contributed by atoms with Crippen molar-refractivity contribution in [2.45, 2.75) is 26.3 Å². The third-order valence-electron chi connectivity index (χ3n) is 3.97.